The molecule has 6 nitrogen and oxygen atoms in total. The van der Waals surface area contributed by atoms with Crippen molar-refractivity contribution in [2.75, 3.05) is 13.1 Å². The lowest BCUT2D eigenvalue weighted by Crippen LogP contribution is -2.53. The van der Waals surface area contributed by atoms with Crippen LogP contribution in [0.3, 0.4) is 0 Å². The van der Waals surface area contributed by atoms with Gasteiger partial charge in [-0.05, 0) is 25.7 Å². The zero-order valence-corrected chi connectivity index (χ0v) is 11.0. The predicted octanol–water partition coefficient (Wildman–Crippen LogP) is 0.796. The molecule has 0 aromatic heterocycles. The number of carbonyl (C=O) groups excluding carboxylic acids is 1. The number of piperidine rings is 1. The topological polar surface area (TPSA) is 89.9 Å². The van der Waals surface area contributed by atoms with Gasteiger partial charge in [-0.1, -0.05) is 12.8 Å². The molecule has 2 fully saturated rings. The molecule has 3 atom stereocenters. The highest BCUT2D eigenvalue weighted by Gasteiger charge is 2.33. The molecule has 2 amide bonds. The minimum absolute atomic E-state index is 0.239. The lowest BCUT2D eigenvalue weighted by Gasteiger charge is -2.34. The van der Waals surface area contributed by atoms with Crippen LogP contribution in [0.2, 0.25) is 0 Å². The fourth-order valence-corrected chi connectivity index (χ4v) is 2.99. The fourth-order valence-electron chi connectivity index (χ4n) is 2.99. The number of hydrogen-bond acceptors (Lipinski definition) is 3. The van der Waals surface area contributed by atoms with Gasteiger partial charge in [0.2, 0.25) is 0 Å². The van der Waals surface area contributed by atoms with Gasteiger partial charge in [0.25, 0.3) is 0 Å². The monoisotopic (exact) mass is 270 g/mol. The largest absolute Gasteiger partial charge is 0.481 e. The molecule has 0 aromatic carbocycles. The quantitative estimate of drug-likeness (QED) is 0.692. The molecule has 2 rings (SSSR count). The van der Waals surface area contributed by atoms with E-state index in [9.17, 15) is 14.7 Å². The standard InChI is InChI=1S/C13H22N2O4/c16-9-4-3-7-15(8-9)13(19)14-11-6-2-1-5-10(11)12(17)18/h9-11,16H,1-8H2,(H,14,19)(H,17,18). The number of hydrogen-bond donors (Lipinski definition) is 3. The van der Waals surface area contributed by atoms with Gasteiger partial charge in [-0.2, -0.15) is 0 Å². The first kappa shape index (κ1) is 14.1. The Bertz CT molecular complexity index is 348. The van der Waals surface area contributed by atoms with Gasteiger partial charge in [-0.3, -0.25) is 4.79 Å². The molecule has 6 heteroatoms. The highest BCUT2D eigenvalue weighted by molar-refractivity contribution is 5.77. The lowest BCUT2D eigenvalue weighted by atomic mass is 9.84. The van der Waals surface area contributed by atoms with Crippen LogP contribution in [-0.2, 0) is 4.79 Å². The van der Waals surface area contributed by atoms with Gasteiger partial charge in [-0.25, -0.2) is 4.79 Å². The third-order valence-corrected chi connectivity index (χ3v) is 4.08. The zero-order chi connectivity index (χ0) is 13.8. The van der Waals surface area contributed by atoms with Gasteiger partial charge in [-0.15, -0.1) is 0 Å². The summed E-state index contributed by atoms with van der Waals surface area (Å²) in [5.41, 5.74) is 0. The fraction of sp³-hybridized carbons (Fsp3) is 0.846. The van der Waals surface area contributed by atoms with Crippen molar-refractivity contribution < 1.29 is 19.8 Å². The number of aliphatic carboxylic acids is 1. The number of rotatable bonds is 2. The average Bonchev–Trinajstić information content (AvgIpc) is 2.39. The van der Waals surface area contributed by atoms with Crippen molar-refractivity contribution in [3.63, 3.8) is 0 Å². The highest BCUT2D eigenvalue weighted by Crippen LogP contribution is 2.25. The second-order valence-corrected chi connectivity index (χ2v) is 5.53. The van der Waals surface area contributed by atoms with Crippen LogP contribution in [0.25, 0.3) is 0 Å². The Balaban J connectivity index is 1.91. The van der Waals surface area contributed by atoms with Crippen LogP contribution in [0.15, 0.2) is 0 Å². The third kappa shape index (κ3) is 3.59. The summed E-state index contributed by atoms with van der Waals surface area (Å²) in [6, 6.07) is -0.519. The summed E-state index contributed by atoms with van der Waals surface area (Å²) in [5, 5.41) is 21.6. The number of aliphatic hydroxyl groups excluding tert-OH is 1. The number of amides is 2. The highest BCUT2D eigenvalue weighted by atomic mass is 16.4. The van der Waals surface area contributed by atoms with Crippen molar-refractivity contribution >= 4 is 12.0 Å². The molecule has 1 saturated heterocycles. The van der Waals surface area contributed by atoms with E-state index in [4.69, 9.17) is 5.11 Å². The zero-order valence-electron chi connectivity index (χ0n) is 11.0. The van der Waals surface area contributed by atoms with Crippen LogP contribution in [0, 0.1) is 5.92 Å². The van der Waals surface area contributed by atoms with Crippen molar-refractivity contribution in [3.8, 4) is 0 Å². The van der Waals surface area contributed by atoms with E-state index in [1.54, 1.807) is 4.90 Å². The van der Waals surface area contributed by atoms with Crippen molar-refractivity contribution in [2.24, 2.45) is 5.92 Å². The van der Waals surface area contributed by atoms with Crippen molar-refractivity contribution in [1.29, 1.82) is 0 Å². The molecule has 0 aromatic rings. The van der Waals surface area contributed by atoms with E-state index in [2.05, 4.69) is 5.32 Å². The van der Waals surface area contributed by atoms with E-state index < -0.39 is 18.0 Å². The molecular formula is C13H22N2O4. The van der Waals surface area contributed by atoms with Gasteiger partial charge < -0.3 is 20.4 Å². The van der Waals surface area contributed by atoms with E-state index in [0.717, 1.165) is 32.1 Å². The van der Waals surface area contributed by atoms with Gasteiger partial charge in [0, 0.05) is 19.1 Å². The van der Waals surface area contributed by atoms with Gasteiger partial charge in [0.1, 0.15) is 0 Å². The maximum Gasteiger partial charge on any atom is 0.317 e. The Morgan fingerprint density at radius 2 is 1.84 bits per heavy atom. The van der Waals surface area contributed by atoms with Gasteiger partial charge in [0.15, 0.2) is 0 Å². The molecule has 0 spiro atoms. The smallest absolute Gasteiger partial charge is 0.317 e. The molecule has 1 saturated carbocycles. The summed E-state index contributed by atoms with van der Waals surface area (Å²) in [5.74, 6) is -1.31. The summed E-state index contributed by atoms with van der Waals surface area (Å²) in [7, 11) is 0. The first-order valence-electron chi connectivity index (χ1n) is 7.04. The molecule has 1 aliphatic carbocycles. The Morgan fingerprint density at radius 1 is 1.11 bits per heavy atom. The normalized spacial score (nSPS) is 31.8. The number of carbonyl (C=O) groups is 2. The summed E-state index contributed by atoms with van der Waals surface area (Å²) in [6.45, 7) is 0.976. The maximum atomic E-state index is 12.1. The Labute approximate surface area is 112 Å². The maximum absolute atomic E-state index is 12.1. The molecule has 0 radical (unpaired) electrons. The van der Waals surface area contributed by atoms with E-state index in [0.29, 0.717) is 19.5 Å². The molecule has 19 heavy (non-hydrogen) atoms. The summed E-state index contributed by atoms with van der Waals surface area (Å²) in [4.78, 5) is 24.8. The lowest BCUT2D eigenvalue weighted by molar-refractivity contribution is -0.143. The van der Waals surface area contributed by atoms with E-state index in [-0.39, 0.29) is 12.1 Å². The first-order chi connectivity index (χ1) is 9.08. The van der Waals surface area contributed by atoms with Crippen molar-refractivity contribution in [2.45, 2.75) is 50.7 Å². The second-order valence-electron chi connectivity index (χ2n) is 5.53. The number of nitrogens with zero attached hydrogens (tertiary/aromatic N) is 1. The SMILES string of the molecule is O=C(O)C1CCCCC1NC(=O)N1CCCC(O)C1. The number of likely N-dealkylation sites (tertiary alicyclic amines) is 1. The summed E-state index contributed by atoms with van der Waals surface area (Å²) >= 11 is 0. The van der Waals surface area contributed by atoms with Crippen LogP contribution in [0.4, 0.5) is 4.79 Å². The molecule has 1 heterocycles. The number of urea groups is 1. The molecule has 108 valence electrons. The Hall–Kier alpha value is -1.30. The number of carboxylic acid groups (broad SMARTS) is 1. The molecule has 2 aliphatic rings. The average molecular weight is 270 g/mol. The van der Waals surface area contributed by atoms with Crippen LogP contribution in [0.1, 0.15) is 38.5 Å². The van der Waals surface area contributed by atoms with Crippen LogP contribution < -0.4 is 5.32 Å². The van der Waals surface area contributed by atoms with E-state index in [1.807, 2.05) is 0 Å². The molecular weight excluding hydrogens is 248 g/mol. The Morgan fingerprint density at radius 3 is 2.53 bits per heavy atom. The van der Waals surface area contributed by atoms with E-state index in [1.165, 1.54) is 0 Å². The second kappa shape index (κ2) is 6.23. The number of β-amino-alcohol motifs (C(OH)–C–C–N with tert-alkyl or cyclic N) is 1. The van der Waals surface area contributed by atoms with E-state index >= 15 is 0 Å². The van der Waals surface area contributed by atoms with Crippen molar-refractivity contribution in [1.82, 2.24) is 10.2 Å². The summed E-state index contributed by atoms with van der Waals surface area (Å²) < 4.78 is 0. The number of aliphatic hydroxyl groups is 1. The number of nitrogens with one attached hydrogen (secondary N) is 1. The molecule has 3 N–H and O–H groups in total. The Kier molecular flexibility index (Phi) is 4.63. The van der Waals surface area contributed by atoms with Crippen LogP contribution >= 0.6 is 0 Å². The number of carboxylic acids is 1. The van der Waals surface area contributed by atoms with Gasteiger partial charge in [0.05, 0.1) is 12.0 Å². The third-order valence-electron chi connectivity index (χ3n) is 4.08. The minimum Gasteiger partial charge on any atom is -0.481 e. The molecule has 3 unspecified atom stereocenters. The minimum atomic E-state index is -0.830. The summed E-state index contributed by atoms with van der Waals surface area (Å²) in [6.07, 6.45) is 4.28. The predicted molar refractivity (Wildman–Crippen MR) is 68.7 cm³/mol. The van der Waals surface area contributed by atoms with Crippen LogP contribution in [0.5, 0.6) is 0 Å². The molecule has 1 aliphatic heterocycles. The van der Waals surface area contributed by atoms with Crippen LogP contribution in [-0.4, -0.2) is 52.3 Å². The first-order valence-corrected chi connectivity index (χ1v) is 7.04. The van der Waals surface area contributed by atoms with Gasteiger partial charge >= 0.3 is 12.0 Å². The van der Waals surface area contributed by atoms with Crippen molar-refractivity contribution in [3.05, 3.63) is 0 Å². The molecule has 0 bridgehead atoms.